The Morgan fingerprint density at radius 3 is 2.62 bits per heavy atom. The number of halogens is 4. The van der Waals surface area contributed by atoms with Crippen LogP contribution in [0.4, 0.5) is 4.39 Å². The smallest absolute Gasteiger partial charge is 0.212 e. The number of alkyl halides is 1. The van der Waals surface area contributed by atoms with E-state index in [1.54, 1.807) is 12.1 Å². The van der Waals surface area contributed by atoms with Crippen LogP contribution in [-0.4, -0.2) is 0 Å². The first-order valence-corrected chi connectivity index (χ1v) is 4.31. The predicted molar refractivity (Wildman–Crippen MR) is 55.9 cm³/mol. The second-order valence-electron chi connectivity index (χ2n) is 2.16. The second kappa shape index (κ2) is 5.43. The molecule has 1 aromatic carbocycles. The topological polar surface area (TPSA) is 23.8 Å². The predicted octanol–water partition coefficient (Wildman–Crippen LogP) is 4.06. The highest BCUT2D eigenvalue weighted by Gasteiger charge is 2.11. The van der Waals surface area contributed by atoms with Crippen molar-refractivity contribution in [3.63, 3.8) is 0 Å². The van der Waals surface area contributed by atoms with Gasteiger partial charge in [0.2, 0.25) is 6.17 Å². The second-order valence-corrected chi connectivity index (χ2v) is 3.45. The number of hydrogen-bond acceptors (Lipinski definition) is 1. The van der Waals surface area contributed by atoms with Crippen LogP contribution < -0.4 is 0 Å². The van der Waals surface area contributed by atoms with Gasteiger partial charge in [-0.15, -0.1) is 12.4 Å². The molecule has 0 heterocycles. The van der Waals surface area contributed by atoms with E-state index < -0.39 is 6.17 Å². The molecule has 5 heteroatoms. The molecule has 0 N–H and O–H groups in total. The highest BCUT2D eigenvalue weighted by atomic mass is 79.9. The summed E-state index contributed by atoms with van der Waals surface area (Å²) in [5, 5.41) is 8.81. The van der Waals surface area contributed by atoms with Gasteiger partial charge in [0, 0.05) is 15.1 Å². The summed E-state index contributed by atoms with van der Waals surface area (Å²) in [6.45, 7) is 0. The van der Waals surface area contributed by atoms with Crippen molar-refractivity contribution in [2.24, 2.45) is 0 Å². The van der Waals surface area contributed by atoms with Crippen molar-refractivity contribution in [1.82, 2.24) is 0 Å². The van der Waals surface area contributed by atoms with Gasteiger partial charge in [-0.25, -0.2) is 4.39 Å². The van der Waals surface area contributed by atoms with Crippen LogP contribution in [0.3, 0.4) is 0 Å². The molecule has 1 rings (SSSR count). The van der Waals surface area contributed by atoms with Crippen LogP contribution in [-0.2, 0) is 0 Å². The van der Waals surface area contributed by atoms with Crippen molar-refractivity contribution in [3.05, 3.63) is 33.3 Å². The van der Waals surface area contributed by atoms with Gasteiger partial charge in [0.05, 0.1) is 0 Å². The van der Waals surface area contributed by atoms with Gasteiger partial charge in [-0.05, 0) is 12.1 Å². The Balaban J connectivity index is 0.00000144. The highest BCUT2D eigenvalue weighted by molar-refractivity contribution is 9.10. The van der Waals surface area contributed by atoms with Crippen LogP contribution in [0.2, 0.25) is 5.02 Å². The minimum Gasteiger partial charge on any atom is -0.226 e. The number of nitrogens with zero attached hydrogens (tertiary/aromatic N) is 1. The monoisotopic (exact) mass is 283 g/mol. The molecule has 0 saturated heterocycles. The van der Waals surface area contributed by atoms with Gasteiger partial charge in [-0.1, -0.05) is 33.6 Å². The van der Waals surface area contributed by atoms with E-state index in [1.165, 1.54) is 12.1 Å². The Bertz CT molecular complexity index is 337. The van der Waals surface area contributed by atoms with Gasteiger partial charge in [0.1, 0.15) is 6.07 Å². The SMILES string of the molecule is Cl.N#CC(F)c1ccc(Cl)cc1Br. The summed E-state index contributed by atoms with van der Waals surface area (Å²) in [6.07, 6.45) is -1.60. The lowest BCUT2D eigenvalue weighted by atomic mass is 10.1. The quantitative estimate of drug-likeness (QED) is 0.763. The lowest BCUT2D eigenvalue weighted by Gasteiger charge is -2.02. The van der Waals surface area contributed by atoms with E-state index in [0.29, 0.717) is 15.1 Å². The summed E-state index contributed by atoms with van der Waals surface area (Å²) in [6, 6.07) is 6.09. The number of benzene rings is 1. The van der Waals surface area contributed by atoms with Gasteiger partial charge >= 0.3 is 0 Å². The molecule has 1 aromatic rings. The van der Waals surface area contributed by atoms with E-state index in [9.17, 15) is 4.39 Å². The first-order valence-electron chi connectivity index (χ1n) is 3.14. The molecule has 0 spiro atoms. The maximum Gasteiger partial charge on any atom is 0.212 e. The Morgan fingerprint density at radius 1 is 1.54 bits per heavy atom. The van der Waals surface area contributed by atoms with Gasteiger partial charge in [-0.3, -0.25) is 0 Å². The molecule has 0 bridgehead atoms. The molecule has 0 aliphatic rings. The van der Waals surface area contributed by atoms with Crippen molar-refractivity contribution in [2.45, 2.75) is 6.17 Å². The average molecular weight is 285 g/mol. The normalized spacial score (nSPS) is 11.2. The summed E-state index contributed by atoms with van der Waals surface area (Å²) >= 11 is 8.74. The molecule has 0 aliphatic heterocycles. The third-order valence-electron chi connectivity index (χ3n) is 1.35. The minimum absolute atomic E-state index is 0. The largest absolute Gasteiger partial charge is 0.226 e. The van der Waals surface area contributed by atoms with Gasteiger partial charge < -0.3 is 0 Å². The van der Waals surface area contributed by atoms with Crippen molar-refractivity contribution in [3.8, 4) is 6.07 Å². The molecule has 0 saturated carbocycles. The number of rotatable bonds is 1. The Labute approximate surface area is 95.0 Å². The van der Waals surface area contributed by atoms with E-state index in [4.69, 9.17) is 16.9 Å². The minimum atomic E-state index is -1.60. The zero-order valence-corrected chi connectivity index (χ0v) is 9.46. The van der Waals surface area contributed by atoms with E-state index in [2.05, 4.69) is 15.9 Å². The standard InChI is InChI=1S/C8H4BrClFN.ClH/c9-7-3-5(10)1-2-6(7)8(11)4-12;/h1-3,8H;1H. The van der Waals surface area contributed by atoms with Gasteiger partial charge in [0.25, 0.3) is 0 Å². The summed E-state index contributed by atoms with van der Waals surface area (Å²) in [5.41, 5.74) is 0.307. The Hall–Kier alpha value is -0.300. The van der Waals surface area contributed by atoms with Crippen LogP contribution in [0.1, 0.15) is 11.7 Å². The van der Waals surface area contributed by atoms with Crippen LogP contribution in [0.15, 0.2) is 22.7 Å². The Kier molecular flexibility index (Phi) is 5.31. The first-order chi connectivity index (χ1) is 5.65. The fourth-order valence-corrected chi connectivity index (χ4v) is 1.66. The van der Waals surface area contributed by atoms with E-state index in [-0.39, 0.29) is 12.4 Å². The van der Waals surface area contributed by atoms with Gasteiger partial charge in [-0.2, -0.15) is 5.26 Å². The molecule has 0 aromatic heterocycles. The summed E-state index contributed by atoms with van der Waals surface area (Å²) in [7, 11) is 0. The third-order valence-corrected chi connectivity index (χ3v) is 2.27. The van der Waals surface area contributed by atoms with Crippen LogP contribution >= 0.6 is 39.9 Å². The molecule has 1 unspecified atom stereocenters. The van der Waals surface area contributed by atoms with Crippen molar-refractivity contribution in [2.75, 3.05) is 0 Å². The maximum atomic E-state index is 12.8. The molecular formula is C8H5BrCl2FN. The summed E-state index contributed by atoms with van der Waals surface area (Å²) in [4.78, 5) is 0. The maximum absolute atomic E-state index is 12.8. The lowest BCUT2D eigenvalue weighted by Crippen LogP contribution is -1.88. The summed E-state index contributed by atoms with van der Waals surface area (Å²) in [5.74, 6) is 0. The lowest BCUT2D eigenvalue weighted by molar-refractivity contribution is 0.422. The molecule has 0 radical (unpaired) electrons. The molecule has 0 fully saturated rings. The number of hydrogen-bond donors (Lipinski definition) is 0. The average Bonchev–Trinajstić information content (AvgIpc) is 2.03. The van der Waals surface area contributed by atoms with E-state index >= 15 is 0 Å². The molecule has 1 atom stereocenters. The first kappa shape index (κ1) is 12.7. The van der Waals surface area contributed by atoms with Crippen LogP contribution in [0.25, 0.3) is 0 Å². The third kappa shape index (κ3) is 3.15. The molecule has 0 aliphatic carbocycles. The van der Waals surface area contributed by atoms with Gasteiger partial charge in [0.15, 0.2) is 0 Å². The molecule has 1 nitrogen and oxygen atoms in total. The highest BCUT2D eigenvalue weighted by Crippen LogP contribution is 2.28. The molecular weight excluding hydrogens is 280 g/mol. The Morgan fingerprint density at radius 2 is 2.15 bits per heavy atom. The number of nitriles is 1. The zero-order chi connectivity index (χ0) is 9.14. The fraction of sp³-hybridized carbons (Fsp3) is 0.125. The van der Waals surface area contributed by atoms with E-state index in [1.807, 2.05) is 0 Å². The molecule has 13 heavy (non-hydrogen) atoms. The van der Waals surface area contributed by atoms with Crippen LogP contribution in [0.5, 0.6) is 0 Å². The van der Waals surface area contributed by atoms with Crippen LogP contribution in [0, 0.1) is 11.3 Å². The fourth-order valence-electron chi connectivity index (χ4n) is 0.777. The molecule has 0 amide bonds. The van der Waals surface area contributed by atoms with E-state index in [0.717, 1.165) is 0 Å². The zero-order valence-electron chi connectivity index (χ0n) is 6.30. The summed E-state index contributed by atoms with van der Waals surface area (Å²) < 4.78 is 13.3. The van der Waals surface area contributed by atoms with Crippen molar-refractivity contribution in [1.29, 1.82) is 5.26 Å². The molecule has 70 valence electrons. The van der Waals surface area contributed by atoms with Crippen molar-refractivity contribution >= 4 is 39.9 Å². The van der Waals surface area contributed by atoms with Crippen molar-refractivity contribution < 1.29 is 4.39 Å².